The lowest BCUT2D eigenvalue weighted by Crippen LogP contribution is -2.26. The van der Waals surface area contributed by atoms with Gasteiger partial charge in [-0.3, -0.25) is 4.79 Å². The number of benzene rings is 1. The first-order chi connectivity index (χ1) is 10.5. The molecule has 2 aromatic rings. The minimum Gasteiger partial charge on any atom is -0.494 e. The van der Waals surface area contributed by atoms with Gasteiger partial charge < -0.3 is 14.5 Å². The zero-order valence-electron chi connectivity index (χ0n) is 13.7. The fourth-order valence-corrected chi connectivity index (χ4v) is 2.39. The fraction of sp³-hybridized carbons (Fsp3) is 0.389. The van der Waals surface area contributed by atoms with Gasteiger partial charge in [-0.25, -0.2) is 0 Å². The molecular weight excluding hydrogens is 278 g/mol. The molecule has 1 aromatic carbocycles. The minimum atomic E-state index is -0.0811. The summed E-state index contributed by atoms with van der Waals surface area (Å²) in [5, 5.41) is 2.91. The summed E-state index contributed by atoms with van der Waals surface area (Å²) in [5.74, 6) is 2.25. The average molecular weight is 301 g/mol. The zero-order valence-corrected chi connectivity index (χ0v) is 13.7. The molecule has 1 amide bonds. The van der Waals surface area contributed by atoms with Gasteiger partial charge in [0.25, 0.3) is 5.91 Å². The predicted octanol–water partition coefficient (Wildman–Crippen LogP) is 3.71. The van der Waals surface area contributed by atoms with Crippen molar-refractivity contribution in [3.8, 4) is 5.75 Å². The molecule has 0 bridgehead atoms. The second-order valence-corrected chi connectivity index (χ2v) is 5.49. The smallest absolute Gasteiger partial charge is 0.255 e. The molecule has 4 heteroatoms. The summed E-state index contributed by atoms with van der Waals surface area (Å²) in [5.41, 5.74) is 2.73. The van der Waals surface area contributed by atoms with Crippen molar-refractivity contribution in [1.29, 1.82) is 0 Å². The molecule has 4 nitrogen and oxygen atoms in total. The van der Waals surface area contributed by atoms with Crippen LogP contribution >= 0.6 is 0 Å². The van der Waals surface area contributed by atoms with E-state index < -0.39 is 0 Å². The lowest BCUT2D eigenvalue weighted by molar-refractivity contribution is 0.0949. The third kappa shape index (κ3) is 3.91. The van der Waals surface area contributed by atoms with Gasteiger partial charge >= 0.3 is 0 Å². The van der Waals surface area contributed by atoms with Crippen LogP contribution in [0.5, 0.6) is 5.75 Å². The van der Waals surface area contributed by atoms with Crippen molar-refractivity contribution < 1.29 is 13.9 Å². The number of amides is 1. The van der Waals surface area contributed by atoms with Crippen LogP contribution in [0.25, 0.3) is 0 Å². The van der Waals surface area contributed by atoms with E-state index >= 15 is 0 Å². The van der Waals surface area contributed by atoms with Crippen LogP contribution in [0.3, 0.4) is 0 Å². The summed E-state index contributed by atoms with van der Waals surface area (Å²) >= 11 is 0. The SMILES string of the molecule is Cc1cccc(OCCCNC(=O)c2c(C)oc(C)c2C)c1. The van der Waals surface area contributed by atoms with Gasteiger partial charge in [0.2, 0.25) is 0 Å². The van der Waals surface area contributed by atoms with Crippen LogP contribution in [0.1, 0.15) is 39.4 Å². The highest BCUT2D eigenvalue weighted by Crippen LogP contribution is 2.20. The Morgan fingerprint density at radius 2 is 1.95 bits per heavy atom. The highest BCUT2D eigenvalue weighted by Gasteiger charge is 2.17. The van der Waals surface area contributed by atoms with Crippen molar-refractivity contribution in [2.75, 3.05) is 13.2 Å². The summed E-state index contributed by atoms with van der Waals surface area (Å²) in [6.07, 6.45) is 0.759. The summed E-state index contributed by atoms with van der Waals surface area (Å²) in [6, 6.07) is 7.94. The fourth-order valence-electron chi connectivity index (χ4n) is 2.39. The molecule has 0 atom stereocenters. The molecule has 1 N–H and O–H groups in total. The van der Waals surface area contributed by atoms with E-state index in [0.717, 1.165) is 23.5 Å². The van der Waals surface area contributed by atoms with E-state index in [4.69, 9.17) is 9.15 Å². The normalized spacial score (nSPS) is 10.5. The molecule has 0 aliphatic rings. The maximum atomic E-state index is 12.2. The van der Waals surface area contributed by atoms with Crippen LogP contribution in [-0.4, -0.2) is 19.1 Å². The molecule has 22 heavy (non-hydrogen) atoms. The van der Waals surface area contributed by atoms with Crippen LogP contribution < -0.4 is 10.1 Å². The summed E-state index contributed by atoms with van der Waals surface area (Å²) in [7, 11) is 0. The molecule has 0 saturated heterocycles. The van der Waals surface area contributed by atoms with Crippen molar-refractivity contribution in [3.05, 3.63) is 52.5 Å². The Kier molecular flexibility index (Phi) is 5.26. The molecule has 0 radical (unpaired) electrons. The number of ether oxygens (including phenoxy) is 1. The number of aryl methyl sites for hydroxylation is 3. The van der Waals surface area contributed by atoms with Gasteiger partial charge in [-0.15, -0.1) is 0 Å². The van der Waals surface area contributed by atoms with Crippen LogP contribution in [0.15, 0.2) is 28.7 Å². The van der Waals surface area contributed by atoms with Gasteiger partial charge in [0.1, 0.15) is 17.3 Å². The first-order valence-corrected chi connectivity index (χ1v) is 7.53. The van der Waals surface area contributed by atoms with Crippen LogP contribution in [0, 0.1) is 27.7 Å². The molecule has 118 valence electrons. The van der Waals surface area contributed by atoms with E-state index in [2.05, 4.69) is 5.32 Å². The lowest BCUT2D eigenvalue weighted by atomic mass is 10.1. The van der Waals surface area contributed by atoms with E-state index in [0.29, 0.717) is 24.5 Å². The van der Waals surface area contributed by atoms with Crippen LogP contribution in [0.4, 0.5) is 0 Å². The molecular formula is C18H23NO3. The Morgan fingerprint density at radius 3 is 2.59 bits per heavy atom. The lowest BCUT2D eigenvalue weighted by Gasteiger charge is -2.08. The topological polar surface area (TPSA) is 51.5 Å². The third-order valence-electron chi connectivity index (χ3n) is 3.65. The third-order valence-corrected chi connectivity index (χ3v) is 3.65. The van der Waals surface area contributed by atoms with Gasteiger partial charge in [-0.05, 0) is 51.8 Å². The number of carbonyl (C=O) groups is 1. The zero-order chi connectivity index (χ0) is 16.1. The van der Waals surface area contributed by atoms with Gasteiger partial charge in [-0.1, -0.05) is 12.1 Å². The standard InChI is InChI=1S/C18H23NO3/c1-12-7-5-8-16(11-12)21-10-6-9-19-18(20)17-13(2)14(3)22-15(17)4/h5,7-8,11H,6,9-10H2,1-4H3,(H,19,20). The second kappa shape index (κ2) is 7.16. The van der Waals surface area contributed by atoms with Crippen molar-refractivity contribution >= 4 is 5.91 Å². The molecule has 0 unspecified atom stereocenters. The Bertz CT molecular complexity index is 658. The molecule has 0 fully saturated rings. The van der Waals surface area contributed by atoms with Crippen molar-refractivity contribution in [2.24, 2.45) is 0 Å². The number of hydrogen-bond donors (Lipinski definition) is 1. The van der Waals surface area contributed by atoms with Gasteiger partial charge in [0.15, 0.2) is 0 Å². The number of carbonyl (C=O) groups excluding carboxylic acids is 1. The highest BCUT2D eigenvalue weighted by atomic mass is 16.5. The average Bonchev–Trinajstić information content (AvgIpc) is 2.71. The Labute approximate surface area is 131 Å². The van der Waals surface area contributed by atoms with Crippen LogP contribution in [-0.2, 0) is 0 Å². The molecule has 1 heterocycles. The molecule has 1 aromatic heterocycles. The Balaban J connectivity index is 1.76. The van der Waals surface area contributed by atoms with E-state index in [1.807, 2.05) is 52.0 Å². The summed E-state index contributed by atoms with van der Waals surface area (Å²) < 4.78 is 11.1. The van der Waals surface area contributed by atoms with E-state index in [1.54, 1.807) is 0 Å². The predicted molar refractivity (Wildman–Crippen MR) is 86.5 cm³/mol. The largest absolute Gasteiger partial charge is 0.494 e. The monoisotopic (exact) mass is 301 g/mol. The summed E-state index contributed by atoms with van der Waals surface area (Å²) in [6.45, 7) is 8.77. The number of nitrogens with one attached hydrogen (secondary N) is 1. The molecule has 2 rings (SSSR count). The number of furan rings is 1. The van der Waals surface area contributed by atoms with E-state index in [9.17, 15) is 4.79 Å². The maximum Gasteiger partial charge on any atom is 0.255 e. The number of rotatable bonds is 6. The van der Waals surface area contributed by atoms with Crippen molar-refractivity contribution in [1.82, 2.24) is 5.32 Å². The van der Waals surface area contributed by atoms with Gasteiger partial charge in [-0.2, -0.15) is 0 Å². The second-order valence-electron chi connectivity index (χ2n) is 5.49. The molecule has 0 aliphatic heterocycles. The summed E-state index contributed by atoms with van der Waals surface area (Å²) in [4.78, 5) is 12.2. The molecule has 0 saturated carbocycles. The maximum absolute atomic E-state index is 12.2. The quantitative estimate of drug-likeness (QED) is 0.827. The molecule has 0 spiro atoms. The molecule has 0 aliphatic carbocycles. The number of hydrogen-bond acceptors (Lipinski definition) is 3. The van der Waals surface area contributed by atoms with Crippen molar-refractivity contribution in [2.45, 2.75) is 34.1 Å². The minimum absolute atomic E-state index is 0.0811. The first kappa shape index (κ1) is 16.1. The van der Waals surface area contributed by atoms with Gasteiger partial charge in [0.05, 0.1) is 12.2 Å². The van der Waals surface area contributed by atoms with Crippen molar-refractivity contribution in [3.63, 3.8) is 0 Å². The van der Waals surface area contributed by atoms with Crippen LogP contribution in [0.2, 0.25) is 0 Å². The van der Waals surface area contributed by atoms with E-state index in [-0.39, 0.29) is 5.91 Å². The Morgan fingerprint density at radius 1 is 1.18 bits per heavy atom. The van der Waals surface area contributed by atoms with Gasteiger partial charge in [0, 0.05) is 12.1 Å². The highest BCUT2D eigenvalue weighted by molar-refractivity contribution is 5.96. The first-order valence-electron chi connectivity index (χ1n) is 7.53. The van der Waals surface area contributed by atoms with E-state index in [1.165, 1.54) is 5.56 Å². The Hall–Kier alpha value is -2.23.